The second kappa shape index (κ2) is 1.98. The van der Waals surface area contributed by atoms with Crippen molar-refractivity contribution in [3.05, 3.63) is 18.4 Å². The fraction of sp³-hybridized carbons (Fsp3) is 0. The van der Waals surface area contributed by atoms with Crippen molar-refractivity contribution < 1.29 is 13.0 Å². The largest absolute Gasteiger partial charge is 0.608 e. The topological polar surface area (TPSA) is 13.1 Å². The quantitative estimate of drug-likeness (QED) is 0.497. The molecule has 0 N–H and O–H groups in total. The molecule has 0 saturated carbocycles. The molecule has 0 aliphatic rings. The zero-order chi connectivity index (χ0) is 5.98. The van der Waals surface area contributed by atoms with Gasteiger partial charge in [-0.05, 0) is 12.1 Å². The predicted octanol–water partition coefficient (Wildman–Crippen LogP) is 0.914. The highest BCUT2D eigenvalue weighted by molar-refractivity contribution is 6.58. The van der Waals surface area contributed by atoms with Gasteiger partial charge in [-0.1, -0.05) is 0 Å². The molecule has 0 unspecified atom stereocenters. The molecule has 0 amide bonds. The van der Waals surface area contributed by atoms with Crippen LogP contribution in [0.1, 0.15) is 0 Å². The van der Waals surface area contributed by atoms with Gasteiger partial charge in [0, 0.05) is 0 Å². The summed E-state index contributed by atoms with van der Waals surface area (Å²) in [5.41, 5.74) is -0.273. The summed E-state index contributed by atoms with van der Waals surface area (Å²) in [6.45, 7) is 0. The van der Waals surface area contributed by atoms with Crippen LogP contribution in [-0.4, -0.2) is 7.27 Å². The summed E-state index contributed by atoms with van der Waals surface area (Å²) >= 11 is 0. The first-order valence-corrected chi connectivity index (χ1v) is 2.12. The number of hydrogen-bond acceptors (Lipinski definition) is 1. The lowest BCUT2D eigenvalue weighted by Crippen LogP contribution is -2.16. The van der Waals surface area contributed by atoms with Crippen molar-refractivity contribution in [3.63, 3.8) is 0 Å². The first-order valence-electron chi connectivity index (χ1n) is 2.12. The van der Waals surface area contributed by atoms with E-state index in [9.17, 15) is 8.63 Å². The van der Waals surface area contributed by atoms with Crippen LogP contribution in [0, 0.1) is 0 Å². The van der Waals surface area contributed by atoms with Gasteiger partial charge in [0.1, 0.15) is 5.66 Å². The van der Waals surface area contributed by atoms with Crippen LogP contribution < -0.4 is 5.66 Å². The fourth-order valence-corrected chi connectivity index (χ4v) is 0.415. The number of halogens is 2. The summed E-state index contributed by atoms with van der Waals surface area (Å²) in [6.07, 6.45) is 1.22. The SMILES string of the molecule is FB(F)c1ccco1. The molecule has 1 heterocycles. The smallest absolute Gasteiger partial charge is 0.472 e. The predicted molar refractivity (Wildman–Crippen MR) is 26.3 cm³/mol. The highest BCUT2D eigenvalue weighted by Gasteiger charge is 2.18. The van der Waals surface area contributed by atoms with E-state index in [0.717, 1.165) is 0 Å². The molecular formula is C4H3BF2O. The molecule has 42 valence electrons. The maximum Gasteiger partial charge on any atom is 0.608 e. The Balaban J connectivity index is 2.77. The van der Waals surface area contributed by atoms with Gasteiger partial charge in [-0.25, -0.2) is 0 Å². The average Bonchev–Trinajstić information content (AvgIpc) is 2.12. The van der Waals surface area contributed by atoms with Gasteiger partial charge in [-0.2, -0.15) is 0 Å². The van der Waals surface area contributed by atoms with E-state index in [-0.39, 0.29) is 5.66 Å². The summed E-state index contributed by atoms with van der Waals surface area (Å²) in [4.78, 5) is 0. The van der Waals surface area contributed by atoms with E-state index in [1.807, 2.05) is 0 Å². The van der Waals surface area contributed by atoms with Gasteiger partial charge in [0.15, 0.2) is 0 Å². The van der Waals surface area contributed by atoms with E-state index in [0.29, 0.717) is 0 Å². The highest BCUT2D eigenvalue weighted by atomic mass is 19.2. The van der Waals surface area contributed by atoms with Crippen molar-refractivity contribution in [1.82, 2.24) is 0 Å². The Kier molecular flexibility index (Phi) is 1.33. The Morgan fingerprint density at radius 3 is 2.50 bits per heavy atom. The lowest BCUT2D eigenvalue weighted by atomic mass is 9.95. The van der Waals surface area contributed by atoms with Crippen LogP contribution in [0.25, 0.3) is 0 Å². The van der Waals surface area contributed by atoms with Crippen molar-refractivity contribution in [1.29, 1.82) is 0 Å². The molecular weight excluding hydrogens is 113 g/mol. The van der Waals surface area contributed by atoms with E-state index >= 15 is 0 Å². The molecule has 4 heteroatoms. The Labute approximate surface area is 45.5 Å². The second-order valence-corrected chi connectivity index (χ2v) is 1.32. The first-order chi connectivity index (χ1) is 3.80. The summed E-state index contributed by atoms with van der Waals surface area (Å²) in [7, 11) is -2.48. The molecule has 0 saturated heterocycles. The number of hydrogen-bond donors (Lipinski definition) is 0. The van der Waals surface area contributed by atoms with Crippen LogP contribution in [0.2, 0.25) is 0 Å². The zero-order valence-corrected chi connectivity index (χ0v) is 3.97. The van der Waals surface area contributed by atoms with Gasteiger partial charge < -0.3 is 4.42 Å². The third-order valence-electron chi connectivity index (χ3n) is 0.758. The zero-order valence-electron chi connectivity index (χ0n) is 3.97. The van der Waals surface area contributed by atoms with Gasteiger partial charge in [-0.15, -0.1) is 0 Å². The molecule has 0 radical (unpaired) electrons. The van der Waals surface area contributed by atoms with Gasteiger partial charge in [-0.3, -0.25) is 8.63 Å². The maximum atomic E-state index is 11.5. The van der Waals surface area contributed by atoms with Crippen molar-refractivity contribution >= 4 is 12.9 Å². The van der Waals surface area contributed by atoms with Crippen molar-refractivity contribution in [2.24, 2.45) is 0 Å². The van der Waals surface area contributed by atoms with E-state index < -0.39 is 7.27 Å². The summed E-state index contributed by atoms with van der Waals surface area (Å²) in [5.74, 6) is 0. The molecule has 0 fully saturated rings. The van der Waals surface area contributed by atoms with Crippen molar-refractivity contribution in [2.45, 2.75) is 0 Å². The van der Waals surface area contributed by atoms with Crippen LogP contribution >= 0.6 is 0 Å². The normalized spacial score (nSPS) is 9.25. The average molecular weight is 116 g/mol. The second-order valence-electron chi connectivity index (χ2n) is 1.32. The monoisotopic (exact) mass is 116 g/mol. The molecule has 1 nitrogen and oxygen atoms in total. The molecule has 0 aliphatic carbocycles. The Hall–Kier alpha value is -0.795. The third-order valence-corrected chi connectivity index (χ3v) is 0.758. The van der Waals surface area contributed by atoms with Gasteiger partial charge in [0.05, 0.1) is 6.26 Å². The lowest BCUT2D eigenvalue weighted by molar-refractivity contribution is 0.568. The standard InChI is InChI=1S/C4H3BF2O/c6-5(7)4-2-1-3-8-4/h1-3H. The van der Waals surface area contributed by atoms with Crippen LogP contribution in [0.3, 0.4) is 0 Å². The summed E-state index contributed by atoms with van der Waals surface area (Å²) in [5, 5.41) is 0. The van der Waals surface area contributed by atoms with Crippen LogP contribution in [0.4, 0.5) is 8.63 Å². The third kappa shape index (κ3) is 0.884. The minimum absolute atomic E-state index is 0.273. The van der Waals surface area contributed by atoms with Gasteiger partial charge >= 0.3 is 7.27 Å². The minimum Gasteiger partial charge on any atom is -0.472 e. The van der Waals surface area contributed by atoms with Gasteiger partial charge in [0.25, 0.3) is 0 Å². The molecule has 1 rings (SSSR count). The molecule has 0 spiro atoms. The Morgan fingerprint density at radius 2 is 2.25 bits per heavy atom. The number of furan rings is 1. The highest BCUT2D eigenvalue weighted by Crippen LogP contribution is 1.89. The maximum absolute atomic E-state index is 11.5. The Bertz CT molecular complexity index is 149. The van der Waals surface area contributed by atoms with Crippen molar-refractivity contribution in [2.75, 3.05) is 0 Å². The van der Waals surface area contributed by atoms with E-state index in [4.69, 9.17) is 0 Å². The van der Waals surface area contributed by atoms with Crippen molar-refractivity contribution in [3.8, 4) is 0 Å². The molecule has 1 aromatic heterocycles. The number of rotatable bonds is 1. The molecule has 8 heavy (non-hydrogen) atoms. The summed E-state index contributed by atoms with van der Waals surface area (Å²) in [6, 6.07) is 2.67. The summed E-state index contributed by atoms with van der Waals surface area (Å²) < 4.78 is 27.4. The van der Waals surface area contributed by atoms with Crippen LogP contribution in [0.15, 0.2) is 22.8 Å². The van der Waals surface area contributed by atoms with E-state index in [1.165, 1.54) is 18.4 Å². The van der Waals surface area contributed by atoms with Crippen LogP contribution in [-0.2, 0) is 0 Å². The van der Waals surface area contributed by atoms with E-state index in [2.05, 4.69) is 4.42 Å². The van der Waals surface area contributed by atoms with Crippen LogP contribution in [0.5, 0.6) is 0 Å². The molecule has 0 atom stereocenters. The fourth-order valence-electron chi connectivity index (χ4n) is 0.415. The molecule has 1 aromatic rings. The molecule has 0 aliphatic heterocycles. The van der Waals surface area contributed by atoms with E-state index in [1.54, 1.807) is 0 Å². The van der Waals surface area contributed by atoms with Gasteiger partial charge in [0.2, 0.25) is 0 Å². The first kappa shape index (κ1) is 5.34. The molecule has 0 bridgehead atoms. The minimum atomic E-state index is -2.48. The Morgan fingerprint density at radius 1 is 1.50 bits per heavy atom. The lowest BCUT2D eigenvalue weighted by Gasteiger charge is -1.81. The molecule has 0 aromatic carbocycles.